The highest BCUT2D eigenvalue weighted by Gasteiger charge is 2.08. The number of hydrogen-bond acceptors (Lipinski definition) is 3. The van der Waals surface area contributed by atoms with Crippen LogP contribution >= 0.6 is 15.9 Å². The Balaban J connectivity index is 1.94. The maximum absolute atomic E-state index is 12.0. The van der Waals surface area contributed by atoms with Crippen molar-refractivity contribution in [2.45, 2.75) is 13.5 Å². The molecule has 2 amide bonds. The van der Waals surface area contributed by atoms with Crippen LogP contribution in [0.1, 0.15) is 22.8 Å². The zero-order valence-corrected chi connectivity index (χ0v) is 14.2. The minimum atomic E-state index is -0.412. The van der Waals surface area contributed by atoms with Crippen molar-refractivity contribution >= 4 is 33.6 Å². The lowest BCUT2D eigenvalue weighted by Gasteiger charge is -2.10. The predicted molar refractivity (Wildman–Crippen MR) is 92.4 cm³/mol. The van der Waals surface area contributed by atoms with E-state index < -0.39 is 5.97 Å². The molecule has 0 aliphatic rings. The summed E-state index contributed by atoms with van der Waals surface area (Å²) < 4.78 is 5.87. The first kappa shape index (κ1) is 17.0. The monoisotopic (exact) mass is 376 g/mol. The van der Waals surface area contributed by atoms with E-state index in [1.807, 2.05) is 24.3 Å². The number of nitrogens with one attached hydrogen (secondary N) is 2. The Morgan fingerprint density at radius 2 is 1.91 bits per heavy atom. The van der Waals surface area contributed by atoms with Gasteiger partial charge in [0.1, 0.15) is 0 Å². The maximum atomic E-state index is 12.0. The minimum Gasteiger partial charge on any atom is -0.462 e. The summed E-state index contributed by atoms with van der Waals surface area (Å²) in [5, 5.41) is 5.46. The number of carbonyl (C=O) groups is 2. The molecule has 0 aliphatic carbocycles. The SMILES string of the molecule is CCOC(=O)c1cccc(NC(=O)NCc2ccccc2Br)c1. The summed E-state index contributed by atoms with van der Waals surface area (Å²) >= 11 is 3.43. The molecule has 0 unspecified atom stereocenters. The normalized spacial score (nSPS) is 10.0. The number of amides is 2. The van der Waals surface area contributed by atoms with Crippen LogP contribution in [0.25, 0.3) is 0 Å². The van der Waals surface area contributed by atoms with E-state index in [1.165, 1.54) is 0 Å². The molecule has 0 aromatic heterocycles. The molecule has 0 saturated heterocycles. The third-order valence-electron chi connectivity index (χ3n) is 3.03. The van der Waals surface area contributed by atoms with Gasteiger partial charge in [-0.1, -0.05) is 40.2 Å². The van der Waals surface area contributed by atoms with Gasteiger partial charge in [0.15, 0.2) is 0 Å². The van der Waals surface area contributed by atoms with Crippen molar-refractivity contribution in [1.29, 1.82) is 0 Å². The molecule has 0 atom stereocenters. The van der Waals surface area contributed by atoms with Crippen molar-refractivity contribution in [3.63, 3.8) is 0 Å². The summed E-state index contributed by atoms with van der Waals surface area (Å²) in [6.07, 6.45) is 0. The fourth-order valence-corrected chi connectivity index (χ4v) is 2.36. The van der Waals surface area contributed by atoms with Crippen LogP contribution in [0.2, 0.25) is 0 Å². The average Bonchev–Trinajstić information content (AvgIpc) is 2.54. The third kappa shape index (κ3) is 5.10. The van der Waals surface area contributed by atoms with E-state index in [9.17, 15) is 9.59 Å². The molecule has 0 fully saturated rings. The van der Waals surface area contributed by atoms with Crippen molar-refractivity contribution < 1.29 is 14.3 Å². The molecule has 0 spiro atoms. The molecule has 5 nitrogen and oxygen atoms in total. The smallest absolute Gasteiger partial charge is 0.338 e. The van der Waals surface area contributed by atoms with Gasteiger partial charge in [-0.05, 0) is 36.8 Å². The van der Waals surface area contributed by atoms with Crippen LogP contribution in [0.4, 0.5) is 10.5 Å². The van der Waals surface area contributed by atoms with Gasteiger partial charge < -0.3 is 15.4 Å². The number of hydrogen-bond donors (Lipinski definition) is 2. The minimum absolute atomic E-state index is 0.308. The zero-order chi connectivity index (χ0) is 16.7. The number of esters is 1. The van der Waals surface area contributed by atoms with Crippen LogP contribution in [0.3, 0.4) is 0 Å². The summed E-state index contributed by atoms with van der Waals surface area (Å²) in [5.41, 5.74) is 1.90. The van der Waals surface area contributed by atoms with Crippen molar-refractivity contribution in [3.8, 4) is 0 Å². The molecule has 0 radical (unpaired) electrons. The summed E-state index contributed by atoms with van der Waals surface area (Å²) in [7, 11) is 0. The van der Waals surface area contributed by atoms with Gasteiger partial charge in [0, 0.05) is 16.7 Å². The molecular weight excluding hydrogens is 360 g/mol. The van der Waals surface area contributed by atoms with Gasteiger partial charge in [-0.25, -0.2) is 9.59 Å². The van der Waals surface area contributed by atoms with E-state index in [1.54, 1.807) is 31.2 Å². The number of rotatable bonds is 5. The number of halogens is 1. The molecule has 6 heteroatoms. The number of ether oxygens (including phenoxy) is 1. The molecule has 2 aromatic carbocycles. The lowest BCUT2D eigenvalue weighted by Crippen LogP contribution is -2.28. The van der Waals surface area contributed by atoms with E-state index in [-0.39, 0.29) is 6.03 Å². The van der Waals surface area contributed by atoms with Crippen LogP contribution in [-0.2, 0) is 11.3 Å². The highest BCUT2D eigenvalue weighted by molar-refractivity contribution is 9.10. The van der Waals surface area contributed by atoms with E-state index in [0.29, 0.717) is 24.4 Å². The van der Waals surface area contributed by atoms with Crippen LogP contribution in [0.15, 0.2) is 53.0 Å². The predicted octanol–water partition coefficient (Wildman–Crippen LogP) is 3.95. The first-order valence-corrected chi connectivity index (χ1v) is 7.95. The van der Waals surface area contributed by atoms with Crippen LogP contribution < -0.4 is 10.6 Å². The quantitative estimate of drug-likeness (QED) is 0.776. The Morgan fingerprint density at radius 1 is 1.13 bits per heavy atom. The van der Waals surface area contributed by atoms with E-state index in [4.69, 9.17) is 4.74 Å². The van der Waals surface area contributed by atoms with E-state index in [0.717, 1.165) is 10.0 Å². The topological polar surface area (TPSA) is 67.4 Å². The summed E-state index contributed by atoms with van der Waals surface area (Å²) in [6.45, 7) is 2.45. The van der Waals surface area contributed by atoms with Gasteiger partial charge >= 0.3 is 12.0 Å². The lowest BCUT2D eigenvalue weighted by molar-refractivity contribution is 0.0526. The molecule has 0 heterocycles. The molecule has 0 bridgehead atoms. The lowest BCUT2D eigenvalue weighted by atomic mass is 10.2. The Hall–Kier alpha value is -2.34. The third-order valence-corrected chi connectivity index (χ3v) is 3.80. The van der Waals surface area contributed by atoms with Crippen molar-refractivity contribution in [2.24, 2.45) is 0 Å². The molecule has 2 rings (SSSR count). The van der Waals surface area contributed by atoms with Gasteiger partial charge in [0.2, 0.25) is 0 Å². The summed E-state index contributed by atoms with van der Waals surface area (Å²) in [4.78, 5) is 23.6. The van der Waals surface area contributed by atoms with Gasteiger partial charge in [-0.15, -0.1) is 0 Å². The Bertz CT molecular complexity index is 704. The summed E-state index contributed by atoms with van der Waals surface area (Å²) in [6, 6.07) is 13.9. The molecule has 0 aliphatic heterocycles. The average molecular weight is 377 g/mol. The fraction of sp³-hybridized carbons (Fsp3) is 0.176. The molecule has 2 aromatic rings. The molecular formula is C17H17BrN2O3. The van der Waals surface area contributed by atoms with E-state index in [2.05, 4.69) is 26.6 Å². The fourth-order valence-electron chi connectivity index (χ4n) is 1.93. The van der Waals surface area contributed by atoms with Crippen LogP contribution in [0, 0.1) is 0 Å². The van der Waals surface area contributed by atoms with Crippen molar-refractivity contribution in [2.75, 3.05) is 11.9 Å². The largest absolute Gasteiger partial charge is 0.462 e. The molecule has 23 heavy (non-hydrogen) atoms. The second-order valence-corrected chi connectivity index (χ2v) is 5.55. The maximum Gasteiger partial charge on any atom is 0.338 e. The highest BCUT2D eigenvalue weighted by atomic mass is 79.9. The second kappa shape index (κ2) is 8.33. The van der Waals surface area contributed by atoms with Crippen LogP contribution in [-0.4, -0.2) is 18.6 Å². The number of carbonyl (C=O) groups excluding carboxylic acids is 2. The second-order valence-electron chi connectivity index (χ2n) is 4.70. The van der Waals surface area contributed by atoms with Gasteiger partial charge in [-0.2, -0.15) is 0 Å². The zero-order valence-electron chi connectivity index (χ0n) is 12.6. The highest BCUT2D eigenvalue weighted by Crippen LogP contribution is 2.15. The Labute approximate surface area is 143 Å². The first-order chi connectivity index (χ1) is 11.1. The number of urea groups is 1. The molecule has 2 N–H and O–H groups in total. The van der Waals surface area contributed by atoms with Gasteiger partial charge in [0.25, 0.3) is 0 Å². The molecule has 0 saturated carbocycles. The van der Waals surface area contributed by atoms with Gasteiger partial charge in [0.05, 0.1) is 12.2 Å². The standard InChI is InChI=1S/C17H17BrN2O3/c1-2-23-16(21)12-7-5-8-14(10-12)20-17(22)19-11-13-6-3-4-9-15(13)18/h3-10H,2,11H2,1H3,(H2,19,20,22). The Kier molecular flexibility index (Phi) is 6.17. The number of benzene rings is 2. The first-order valence-electron chi connectivity index (χ1n) is 7.15. The summed E-state index contributed by atoms with van der Waals surface area (Å²) in [5.74, 6) is -0.412. The molecule has 120 valence electrons. The van der Waals surface area contributed by atoms with Crippen LogP contribution in [0.5, 0.6) is 0 Å². The van der Waals surface area contributed by atoms with E-state index >= 15 is 0 Å². The van der Waals surface area contributed by atoms with Gasteiger partial charge in [-0.3, -0.25) is 0 Å². The number of anilines is 1. The van der Waals surface area contributed by atoms with Crippen molar-refractivity contribution in [1.82, 2.24) is 5.32 Å². The van der Waals surface area contributed by atoms with Crippen molar-refractivity contribution in [3.05, 3.63) is 64.1 Å². The Morgan fingerprint density at radius 3 is 2.65 bits per heavy atom.